The van der Waals surface area contributed by atoms with Gasteiger partial charge in [0.25, 0.3) is 0 Å². The van der Waals surface area contributed by atoms with Crippen LogP contribution in [0.3, 0.4) is 0 Å². The van der Waals surface area contributed by atoms with E-state index in [0.717, 1.165) is 39.1 Å². The Hall–Kier alpha value is -3.79. The van der Waals surface area contributed by atoms with E-state index in [1.807, 2.05) is 37.3 Å². The number of rotatable bonds is 5. The molecule has 0 bridgehead atoms. The minimum atomic E-state index is -0.652. The van der Waals surface area contributed by atoms with Gasteiger partial charge in [-0.05, 0) is 65.4 Å². The Morgan fingerprint density at radius 2 is 1.81 bits per heavy atom. The van der Waals surface area contributed by atoms with Crippen LogP contribution in [0.4, 0.5) is 0 Å². The predicted octanol–water partition coefficient (Wildman–Crippen LogP) is 5.08. The molecule has 4 nitrogen and oxygen atoms in total. The van der Waals surface area contributed by atoms with Gasteiger partial charge in [-0.2, -0.15) is 0 Å². The normalized spacial score (nSPS) is 18.3. The van der Waals surface area contributed by atoms with Crippen molar-refractivity contribution in [1.82, 2.24) is 0 Å². The molecule has 0 aliphatic carbocycles. The lowest BCUT2D eigenvalue weighted by atomic mass is 9.75. The minimum absolute atomic E-state index is 0.550. The zero-order valence-electron chi connectivity index (χ0n) is 18.8. The van der Waals surface area contributed by atoms with Gasteiger partial charge in [0.2, 0.25) is 0 Å². The summed E-state index contributed by atoms with van der Waals surface area (Å²) in [4.78, 5) is 5.15. The van der Waals surface area contributed by atoms with E-state index >= 15 is 0 Å². The molecule has 3 aromatic rings. The van der Waals surface area contributed by atoms with Crippen molar-refractivity contribution in [3.05, 3.63) is 118 Å². The Labute approximate surface area is 189 Å². The van der Waals surface area contributed by atoms with Crippen molar-refractivity contribution in [2.75, 3.05) is 7.11 Å². The average molecular weight is 424 g/mol. The summed E-state index contributed by atoms with van der Waals surface area (Å²) in [5.41, 5.74) is 19.2. The molecule has 4 heteroatoms. The molecule has 1 aliphatic heterocycles. The van der Waals surface area contributed by atoms with Gasteiger partial charge in [-0.3, -0.25) is 4.99 Å². The number of allylic oxidation sites excluding steroid dienone is 3. The summed E-state index contributed by atoms with van der Waals surface area (Å²) in [5, 5.41) is 0. The quantitative estimate of drug-likeness (QED) is 0.562. The number of nitrogens with zero attached hydrogens (tertiary/aromatic N) is 1. The second kappa shape index (κ2) is 8.75. The van der Waals surface area contributed by atoms with Gasteiger partial charge in [-0.25, -0.2) is 0 Å². The number of aryl methyl sites for hydroxylation is 1. The van der Waals surface area contributed by atoms with E-state index in [1.165, 1.54) is 5.56 Å². The highest BCUT2D eigenvalue weighted by atomic mass is 16.5. The van der Waals surface area contributed by atoms with Crippen LogP contribution in [0.1, 0.15) is 40.3 Å². The van der Waals surface area contributed by atoms with E-state index in [4.69, 9.17) is 21.2 Å². The predicted molar refractivity (Wildman–Crippen MR) is 133 cm³/mol. The van der Waals surface area contributed by atoms with Crippen LogP contribution < -0.4 is 16.2 Å². The molecule has 4 N–H and O–H groups in total. The Balaban J connectivity index is 1.97. The van der Waals surface area contributed by atoms with Crippen molar-refractivity contribution in [3.8, 4) is 5.75 Å². The molecule has 0 saturated carbocycles. The molecular weight excluding hydrogens is 394 g/mol. The highest BCUT2D eigenvalue weighted by Crippen LogP contribution is 2.42. The maximum Gasteiger partial charge on any atom is 0.127 e. The maximum atomic E-state index is 6.55. The lowest BCUT2D eigenvalue weighted by Gasteiger charge is -2.36. The fourth-order valence-corrected chi connectivity index (χ4v) is 4.52. The van der Waals surface area contributed by atoms with Crippen molar-refractivity contribution in [3.63, 3.8) is 0 Å². The molecule has 0 amide bonds. The third kappa shape index (κ3) is 3.69. The minimum Gasteiger partial charge on any atom is -0.496 e. The molecule has 0 spiro atoms. The molecule has 32 heavy (non-hydrogen) atoms. The van der Waals surface area contributed by atoms with Crippen LogP contribution >= 0.6 is 0 Å². The van der Waals surface area contributed by atoms with Gasteiger partial charge in [-0.15, -0.1) is 0 Å². The Morgan fingerprint density at radius 1 is 1.03 bits per heavy atom. The van der Waals surface area contributed by atoms with Crippen LogP contribution in [-0.4, -0.2) is 12.9 Å². The van der Waals surface area contributed by atoms with E-state index in [-0.39, 0.29) is 0 Å². The van der Waals surface area contributed by atoms with Crippen molar-refractivity contribution in [2.45, 2.75) is 25.8 Å². The van der Waals surface area contributed by atoms with Gasteiger partial charge in [0.15, 0.2) is 0 Å². The first-order chi connectivity index (χ1) is 15.5. The largest absolute Gasteiger partial charge is 0.496 e. The SMILES string of the molecule is C/C=C\C(=C/N)c1cccc(C2(c3ccc(OC)c(C)c3)Cc3ccccc3C(N)=N2)c1. The number of benzene rings is 3. The summed E-state index contributed by atoms with van der Waals surface area (Å²) >= 11 is 0. The molecule has 0 saturated heterocycles. The zero-order chi connectivity index (χ0) is 22.7. The molecule has 0 radical (unpaired) electrons. The highest BCUT2D eigenvalue weighted by Gasteiger charge is 2.39. The lowest BCUT2D eigenvalue weighted by molar-refractivity contribution is 0.410. The topological polar surface area (TPSA) is 73.6 Å². The van der Waals surface area contributed by atoms with Gasteiger partial charge < -0.3 is 16.2 Å². The third-order valence-electron chi connectivity index (χ3n) is 6.12. The first-order valence-corrected chi connectivity index (χ1v) is 10.8. The molecule has 162 valence electrons. The van der Waals surface area contributed by atoms with E-state index < -0.39 is 5.54 Å². The van der Waals surface area contributed by atoms with Crippen LogP contribution in [0.25, 0.3) is 5.57 Å². The second-order valence-electron chi connectivity index (χ2n) is 8.08. The number of aliphatic imine (C=N–C) groups is 1. The zero-order valence-corrected chi connectivity index (χ0v) is 18.8. The summed E-state index contributed by atoms with van der Waals surface area (Å²) < 4.78 is 5.51. The molecule has 4 rings (SSSR count). The Morgan fingerprint density at radius 3 is 2.53 bits per heavy atom. The maximum absolute atomic E-state index is 6.55. The van der Waals surface area contributed by atoms with Crippen LogP contribution in [0.15, 0.2) is 90.1 Å². The van der Waals surface area contributed by atoms with Crippen LogP contribution in [0.5, 0.6) is 5.75 Å². The number of hydrogen-bond acceptors (Lipinski definition) is 4. The van der Waals surface area contributed by atoms with Crippen molar-refractivity contribution in [1.29, 1.82) is 0 Å². The summed E-state index contributed by atoms with van der Waals surface area (Å²) in [6.07, 6.45) is 6.35. The molecule has 1 aliphatic rings. The van der Waals surface area contributed by atoms with Gasteiger partial charge in [0, 0.05) is 18.2 Å². The van der Waals surface area contributed by atoms with E-state index in [9.17, 15) is 0 Å². The van der Waals surface area contributed by atoms with E-state index in [0.29, 0.717) is 12.3 Å². The summed E-state index contributed by atoms with van der Waals surface area (Å²) in [6, 6.07) is 22.9. The molecule has 3 aromatic carbocycles. The third-order valence-corrected chi connectivity index (χ3v) is 6.12. The number of nitrogens with two attached hydrogens (primary N) is 2. The molecular formula is C28H29N3O. The number of fused-ring (bicyclic) bond motifs is 1. The Kier molecular flexibility index (Phi) is 5.87. The van der Waals surface area contributed by atoms with Gasteiger partial charge in [0.1, 0.15) is 17.1 Å². The summed E-state index contributed by atoms with van der Waals surface area (Å²) in [6.45, 7) is 4.04. The Bertz CT molecular complexity index is 1240. The number of hydrogen-bond donors (Lipinski definition) is 2. The number of ether oxygens (including phenoxy) is 1. The van der Waals surface area contributed by atoms with E-state index in [2.05, 4.69) is 55.5 Å². The summed E-state index contributed by atoms with van der Waals surface area (Å²) in [7, 11) is 1.69. The fourth-order valence-electron chi connectivity index (χ4n) is 4.52. The smallest absolute Gasteiger partial charge is 0.127 e. The number of methoxy groups -OCH3 is 1. The van der Waals surface area contributed by atoms with Gasteiger partial charge in [0.05, 0.1) is 7.11 Å². The fraction of sp³-hybridized carbons (Fsp3) is 0.179. The van der Waals surface area contributed by atoms with Crippen LogP contribution in [-0.2, 0) is 12.0 Å². The second-order valence-corrected chi connectivity index (χ2v) is 8.08. The summed E-state index contributed by atoms with van der Waals surface area (Å²) in [5.74, 6) is 1.40. The van der Waals surface area contributed by atoms with Crippen molar-refractivity contribution in [2.24, 2.45) is 16.5 Å². The van der Waals surface area contributed by atoms with Crippen LogP contribution in [0.2, 0.25) is 0 Å². The van der Waals surface area contributed by atoms with Crippen LogP contribution in [0, 0.1) is 6.92 Å². The van der Waals surface area contributed by atoms with E-state index in [1.54, 1.807) is 13.3 Å². The molecule has 0 aromatic heterocycles. The first kappa shape index (κ1) is 21.4. The molecule has 0 fully saturated rings. The number of amidine groups is 1. The first-order valence-electron chi connectivity index (χ1n) is 10.8. The highest BCUT2D eigenvalue weighted by molar-refractivity contribution is 6.00. The molecule has 1 unspecified atom stereocenters. The average Bonchev–Trinajstić information content (AvgIpc) is 2.82. The molecule has 1 heterocycles. The standard InChI is InChI=1S/C28H29N3O/c1-4-8-22(18-29)20-10-7-11-23(16-20)28(24-13-14-26(32-3)19(2)15-24)17-21-9-5-6-12-25(21)27(30)31-28/h4-16,18H,17,29H2,1-3H3,(H2,30,31)/b8-4-,22-18+. The van der Waals surface area contributed by atoms with Crippen molar-refractivity contribution >= 4 is 11.4 Å². The molecule has 1 atom stereocenters. The van der Waals surface area contributed by atoms with Gasteiger partial charge >= 0.3 is 0 Å². The van der Waals surface area contributed by atoms with Gasteiger partial charge in [-0.1, -0.05) is 60.7 Å². The van der Waals surface area contributed by atoms with Crippen molar-refractivity contribution < 1.29 is 4.74 Å². The monoisotopic (exact) mass is 423 g/mol. The lowest BCUT2D eigenvalue weighted by Crippen LogP contribution is -2.37.